The van der Waals surface area contributed by atoms with E-state index in [1.165, 1.54) is 5.56 Å². The van der Waals surface area contributed by atoms with Gasteiger partial charge in [-0.2, -0.15) is 0 Å². The van der Waals surface area contributed by atoms with Crippen molar-refractivity contribution in [2.24, 2.45) is 0 Å². The summed E-state index contributed by atoms with van der Waals surface area (Å²) in [7, 11) is 1.69. The van der Waals surface area contributed by atoms with Gasteiger partial charge in [0.2, 0.25) is 0 Å². The van der Waals surface area contributed by atoms with Crippen LogP contribution in [0.25, 0.3) is 0 Å². The molecule has 0 unspecified atom stereocenters. The Kier molecular flexibility index (Phi) is 5.90. The molecule has 0 aliphatic carbocycles. The number of hydrogen-bond acceptors (Lipinski definition) is 2. The number of alkyl halides is 1. The van der Waals surface area contributed by atoms with Gasteiger partial charge in [-0.1, -0.05) is 30.4 Å². The first kappa shape index (κ1) is 12.1. The Morgan fingerprint density at radius 3 is 2.87 bits per heavy atom. The van der Waals surface area contributed by atoms with Gasteiger partial charge in [-0.05, 0) is 6.07 Å². The molecule has 3 heteroatoms. The van der Waals surface area contributed by atoms with Crippen LogP contribution < -0.4 is 10.1 Å². The summed E-state index contributed by atoms with van der Waals surface area (Å²) in [5, 5.41) is 3.29. The minimum Gasteiger partial charge on any atom is -0.496 e. The maximum absolute atomic E-state index is 5.51. The van der Waals surface area contributed by atoms with Crippen LogP contribution in [0, 0.1) is 0 Å². The van der Waals surface area contributed by atoms with Gasteiger partial charge in [0.15, 0.2) is 0 Å². The number of allylic oxidation sites excluding steroid dienone is 1. The highest BCUT2D eigenvalue weighted by Gasteiger charge is 1.98. The minimum absolute atomic E-state index is 0.566. The molecule has 0 spiro atoms. The predicted molar refractivity (Wildman–Crippen MR) is 64.6 cm³/mol. The number of para-hydroxylation sites is 1. The fourth-order valence-corrected chi connectivity index (χ4v) is 1.41. The van der Waals surface area contributed by atoms with Crippen LogP contribution in [0.4, 0.5) is 0 Å². The number of ether oxygens (including phenoxy) is 1. The van der Waals surface area contributed by atoms with Crippen LogP contribution >= 0.6 is 11.6 Å². The van der Waals surface area contributed by atoms with Gasteiger partial charge in [0.25, 0.3) is 0 Å². The van der Waals surface area contributed by atoms with E-state index in [1.54, 1.807) is 7.11 Å². The minimum atomic E-state index is 0.566. The first-order valence-corrected chi connectivity index (χ1v) is 5.45. The zero-order valence-corrected chi connectivity index (χ0v) is 9.63. The first-order chi connectivity index (χ1) is 7.38. The molecule has 1 aromatic rings. The SMILES string of the molecule is COc1ccccc1CNC/C=C/CCl. The van der Waals surface area contributed by atoms with E-state index in [-0.39, 0.29) is 0 Å². The lowest BCUT2D eigenvalue weighted by molar-refractivity contribution is 0.408. The summed E-state index contributed by atoms with van der Waals surface area (Å²) in [5.41, 5.74) is 1.17. The second-order valence-corrected chi connectivity index (χ2v) is 3.38. The van der Waals surface area contributed by atoms with Crippen molar-refractivity contribution in [2.75, 3.05) is 19.5 Å². The summed E-state index contributed by atoms with van der Waals surface area (Å²) >= 11 is 5.51. The van der Waals surface area contributed by atoms with Crippen molar-refractivity contribution >= 4 is 11.6 Å². The Morgan fingerprint density at radius 1 is 1.33 bits per heavy atom. The van der Waals surface area contributed by atoms with Crippen molar-refractivity contribution in [3.8, 4) is 5.75 Å². The zero-order chi connectivity index (χ0) is 10.9. The van der Waals surface area contributed by atoms with Crippen LogP contribution in [0.15, 0.2) is 36.4 Å². The maximum Gasteiger partial charge on any atom is 0.123 e. The van der Waals surface area contributed by atoms with Gasteiger partial charge in [0.05, 0.1) is 7.11 Å². The fraction of sp³-hybridized carbons (Fsp3) is 0.333. The van der Waals surface area contributed by atoms with E-state index in [0.29, 0.717) is 5.88 Å². The topological polar surface area (TPSA) is 21.3 Å². The number of nitrogens with one attached hydrogen (secondary N) is 1. The Bertz CT molecular complexity index is 312. The maximum atomic E-state index is 5.51. The Balaban J connectivity index is 2.39. The van der Waals surface area contributed by atoms with E-state index in [0.717, 1.165) is 18.8 Å². The average molecular weight is 226 g/mol. The molecule has 15 heavy (non-hydrogen) atoms. The summed E-state index contributed by atoms with van der Waals surface area (Å²) in [5.74, 6) is 1.49. The van der Waals surface area contributed by atoms with E-state index in [4.69, 9.17) is 16.3 Å². The highest BCUT2D eigenvalue weighted by atomic mass is 35.5. The third kappa shape index (κ3) is 4.36. The molecule has 0 heterocycles. The van der Waals surface area contributed by atoms with Crippen molar-refractivity contribution in [3.63, 3.8) is 0 Å². The monoisotopic (exact) mass is 225 g/mol. The molecule has 0 saturated carbocycles. The molecule has 82 valence electrons. The molecule has 0 aromatic heterocycles. The van der Waals surface area contributed by atoms with Crippen LogP contribution in [-0.2, 0) is 6.54 Å². The number of benzene rings is 1. The van der Waals surface area contributed by atoms with Gasteiger partial charge < -0.3 is 10.1 Å². The van der Waals surface area contributed by atoms with Crippen molar-refractivity contribution in [2.45, 2.75) is 6.54 Å². The number of hydrogen-bond donors (Lipinski definition) is 1. The summed E-state index contributed by atoms with van der Waals surface area (Å²) < 4.78 is 5.24. The standard InChI is InChI=1S/C12H16ClNO/c1-15-12-7-3-2-6-11(12)10-14-9-5-4-8-13/h2-7,14H,8-10H2,1H3/b5-4+. The largest absolute Gasteiger partial charge is 0.496 e. The van der Waals surface area contributed by atoms with Crippen molar-refractivity contribution in [3.05, 3.63) is 42.0 Å². The Labute approximate surface area is 95.9 Å². The molecular weight excluding hydrogens is 210 g/mol. The molecule has 1 N–H and O–H groups in total. The number of rotatable bonds is 6. The summed E-state index contributed by atoms with van der Waals surface area (Å²) in [4.78, 5) is 0. The van der Waals surface area contributed by atoms with Crippen LogP contribution in [0.3, 0.4) is 0 Å². The van der Waals surface area contributed by atoms with Gasteiger partial charge in [0.1, 0.15) is 5.75 Å². The molecule has 0 bridgehead atoms. The molecule has 0 saturated heterocycles. The second kappa shape index (κ2) is 7.32. The molecule has 0 amide bonds. The molecule has 1 aromatic carbocycles. The molecule has 0 aliphatic rings. The Hall–Kier alpha value is -0.990. The number of halogens is 1. The molecule has 0 fully saturated rings. The van der Waals surface area contributed by atoms with Crippen molar-refractivity contribution in [1.82, 2.24) is 5.32 Å². The van der Waals surface area contributed by atoms with Crippen LogP contribution in [0.1, 0.15) is 5.56 Å². The molecule has 1 rings (SSSR count). The quantitative estimate of drug-likeness (QED) is 0.457. The second-order valence-electron chi connectivity index (χ2n) is 3.07. The van der Waals surface area contributed by atoms with E-state index < -0.39 is 0 Å². The van der Waals surface area contributed by atoms with E-state index >= 15 is 0 Å². The highest BCUT2D eigenvalue weighted by molar-refractivity contribution is 6.18. The molecule has 0 radical (unpaired) electrons. The van der Waals surface area contributed by atoms with Gasteiger partial charge in [0, 0.05) is 24.5 Å². The van der Waals surface area contributed by atoms with Crippen LogP contribution in [0.2, 0.25) is 0 Å². The molecule has 0 atom stereocenters. The van der Waals surface area contributed by atoms with Crippen molar-refractivity contribution in [1.29, 1.82) is 0 Å². The van der Waals surface area contributed by atoms with Crippen LogP contribution in [-0.4, -0.2) is 19.5 Å². The molecule has 2 nitrogen and oxygen atoms in total. The third-order valence-electron chi connectivity index (χ3n) is 2.03. The molecule has 0 aliphatic heterocycles. The van der Waals surface area contributed by atoms with Gasteiger partial charge in [-0.3, -0.25) is 0 Å². The highest BCUT2D eigenvalue weighted by Crippen LogP contribution is 2.16. The number of methoxy groups -OCH3 is 1. The summed E-state index contributed by atoms with van der Waals surface area (Å²) in [6, 6.07) is 7.99. The lowest BCUT2D eigenvalue weighted by Gasteiger charge is -2.07. The lowest BCUT2D eigenvalue weighted by Crippen LogP contribution is -2.13. The molecular formula is C12H16ClNO. The van der Waals surface area contributed by atoms with Gasteiger partial charge in [-0.15, -0.1) is 11.6 Å². The smallest absolute Gasteiger partial charge is 0.123 e. The van der Waals surface area contributed by atoms with Crippen LogP contribution in [0.5, 0.6) is 5.75 Å². The fourth-order valence-electron chi connectivity index (χ4n) is 1.29. The van der Waals surface area contributed by atoms with E-state index in [1.807, 2.05) is 30.4 Å². The summed E-state index contributed by atoms with van der Waals surface area (Å²) in [6.45, 7) is 1.63. The lowest BCUT2D eigenvalue weighted by atomic mass is 10.2. The normalized spacial score (nSPS) is 10.8. The third-order valence-corrected chi connectivity index (χ3v) is 2.20. The van der Waals surface area contributed by atoms with E-state index in [2.05, 4.69) is 11.4 Å². The van der Waals surface area contributed by atoms with Gasteiger partial charge >= 0.3 is 0 Å². The van der Waals surface area contributed by atoms with E-state index in [9.17, 15) is 0 Å². The average Bonchev–Trinajstić information content (AvgIpc) is 2.29. The predicted octanol–water partition coefficient (Wildman–Crippen LogP) is 2.58. The Morgan fingerprint density at radius 2 is 2.13 bits per heavy atom. The van der Waals surface area contributed by atoms with Gasteiger partial charge in [-0.25, -0.2) is 0 Å². The summed E-state index contributed by atoms with van der Waals surface area (Å²) in [6.07, 6.45) is 3.94. The van der Waals surface area contributed by atoms with Crippen molar-refractivity contribution < 1.29 is 4.74 Å². The first-order valence-electron chi connectivity index (χ1n) is 4.92. The zero-order valence-electron chi connectivity index (χ0n) is 8.87.